The van der Waals surface area contributed by atoms with Gasteiger partial charge in [0, 0.05) is 19.3 Å². The SMILES string of the molecule is CCc1cc(CC(C)(CNC)C(C)C)n(C)n1. The number of hydrogen-bond acceptors (Lipinski definition) is 2. The summed E-state index contributed by atoms with van der Waals surface area (Å²) < 4.78 is 2.04. The van der Waals surface area contributed by atoms with Crippen LogP contribution >= 0.6 is 0 Å². The zero-order valence-corrected chi connectivity index (χ0v) is 12.2. The summed E-state index contributed by atoms with van der Waals surface area (Å²) in [6, 6.07) is 2.25. The molecule has 1 aromatic heterocycles. The smallest absolute Gasteiger partial charge is 0.0624 e. The summed E-state index contributed by atoms with van der Waals surface area (Å²) in [4.78, 5) is 0. The molecule has 0 radical (unpaired) electrons. The van der Waals surface area contributed by atoms with Gasteiger partial charge in [-0.15, -0.1) is 0 Å². The molecule has 3 heteroatoms. The van der Waals surface area contributed by atoms with Crippen molar-refractivity contribution in [2.75, 3.05) is 13.6 Å². The van der Waals surface area contributed by atoms with Crippen LogP contribution < -0.4 is 5.32 Å². The normalized spacial score (nSPS) is 15.2. The molecule has 1 unspecified atom stereocenters. The Morgan fingerprint density at radius 3 is 2.53 bits per heavy atom. The zero-order valence-electron chi connectivity index (χ0n) is 12.2. The third kappa shape index (κ3) is 3.32. The fourth-order valence-corrected chi connectivity index (χ4v) is 2.20. The molecular weight excluding hydrogens is 210 g/mol. The quantitative estimate of drug-likeness (QED) is 0.823. The summed E-state index contributed by atoms with van der Waals surface area (Å²) in [7, 11) is 4.08. The molecule has 17 heavy (non-hydrogen) atoms. The van der Waals surface area contributed by atoms with Crippen LogP contribution in [0.25, 0.3) is 0 Å². The lowest BCUT2D eigenvalue weighted by atomic mass is 9.75. The van der Waals surface area contributed by atoms with Gasteiger partial charge >= 0.3 is 0 Å². The van der Waals surface area contributed by atoms with Crippen LogP contribution in [0.5, 0.6) is 0 Å². The van der Waals surface area contributed by atoms with Gasteiger partial charge in [-0.05, 0) is 37.3 Å². The van der Waals surface area contributed by atoms with Gasteiger partial charge in [-0.1, -0.05) is 27.7 Å². The Kier molecular flexibility index (Phi) is 4.75. The van der Waals surface area contributed by atoms with E-state index in [-0.39, 0.29) is 5.41 Å². The van der Waals surface area contributed by atoms with Gasteiger partial charge in [0.1, 0.15) is 0 Å². The van der Waals surface area contributed by atoms with Crippen molar-refractivity contribution in [3.05, 3.63) is 17.5 Å². The Balaban J connectivity index is 2.89. The first kappa shape index (κ1) is 14.2. The highest BCUT2D eigenvalue weighted by molar-refractivity contribution is 5.12. The predicted molar refractivity (Wildman–Crippen MR) is 73.2 cm³/mol. The van der Waals surface area contributed by atoms with E-state index in [4.69, 9.17) is 0 Å². The third-order valence-corrected chi connectivity index (χ3v) is 3.95. The number of aromatic nitrogens is 2. The van der Waals surface area contributed by atoms with Gasteiger partial charge in [-0.2, -0.15) is 5.10 Å². The Morgan fingerprint density at radius 1 is 1.47 bits per heavy atom. The van der Waals surface area contributed by atoms with Crippen LogP contribution in [0.3, 0.4) is 0 Å². The van der Waals surface area contributed by atoms with Crippen molar-refractivity contribution in [3.8, 4) is 0 Å². The van der Waals surface area contributed by atoms with Crippen LogP contribution in [0.2, 0.25) is 0 Å². The Bertz CT molecular complexity index is 354. The maximum absolute atomic E-state index is 4.53. The van der Waals surface area contributed by atoms with E-state index in [1.165, 1.54) is 11.4 Å². The topological polar surface area (TPSA) is 29.9 Å². The molecule has 0 saturated carbocycles. The van der Waals surface area contributed by atoms with E-state index < -0.39 is 0 Å². The molecule has 1 heterocycles. The van der Waals surface area contributed by atoms with Gasteiger partial charge in [0.25, 0.3) is 0 Å². The highest BCUT2D eigenvalue weighted by Crippen LogP contribution is 2.30. The second-order valence-corrected chi connectivity index (χ2v) is 5.62. The van der Waals surface area contributed by atoms with E-state index in [9.17, 15) is 0 Å². The summed E-state index contributed by atoms with van der Waals surface area (Å²) in [5.41, 5.74) is 2.82. The molecule has 98 valence electrons. The molecule has 0 aliphatic carbocycles. The standard InChI is InChI=1S/C14H27N3/c1-7-12-8-13(17(6)16-12)9-14(4,10-15-5)11(2)3/h8,11,15H,7,9-10H2,1-6H3. The molecule has 0 aliphatic rings. The fraction of sp³-hybridized carbons (Fsp3) is 0.786. The molecule has 1 aromatic rings. The summed E-state index contributed by atoms with van der Waals surface area (Å²) in [6.45, 7) is 10.1. The zero-order chi connectivity index (χ0) is 13.1. The van der Waals surface area contributed by atoms with Gasteiger partial charge in [0.2, 0.25) is 0 Å². The fourth-order valence-electron chi connectivity index (χ4n) is 2.20. The molecule has 0 aromatic carbocycles. The molecule has 0 bridgehead atoms. The lowest BCUT2D eigenvalue weighted by Gasteiger charge is -2.33. The maximum atomic E-state index is 4.53. The van der Waals surface area contributed by atoms with E-state index in [1.54, 1.807) is 0 Å². The van der Waals surface area contributed by atoms with Crippen molar-refractivity contribution < 1.29 is 0 Å². The minimum atomic E-state index is 0.285. The van der Waals surface area contributed by atoms with E-state index >= 15 is 0 Å². The lowest BCUT2D eigenvalue weighted by molar-refractivity contribution is 0.208. The Morgan fingerprint density at radius 2 is 2.12 bits per heavy atom. The number of hydrogen-bond donors (Lipinski definition) is 1. The predicted octanol–water partition coefficient (Wildman–Crippen LogP) is 2.41. The highest BCUT2D eigenvalue weighted by atomic mass is 15.3. The van der Waals surface area contributed by atoms with Gasteiger partial charge in [-0.3, -0.25) is 4.68 Å². The van der Waals surface area contributed by atoms with Gasteiger partial charge in [0.05, 0.1) is 5.69 Å². The van der Waals surface area contributed by atoms with Crippen molar-refractivity contribution in [2.24, 2.45) is 18.4 Å². The second kappa shape index (κ2) is 5.67. The van der Waals surface area contributed by atoms with Crippen molar-refractivity contribution in [1.29, 1.82) is 0 Å². The molecule has 0 fully saturated rings. The Hall–Kier alpha value is -0.830. The molecule has 0 spiro atoms. The first-order valence-electron chi connectivity index (χ1n) is 6.59. The maximum Gasteiger partial charge on any atom is 0.0624 e. The molecular formula is C14H27N3. The molecule has 1 N–H and O–H groups in total. The molecule has 0 aliphatic heterocycles. The van der Waals surface area contributed by atoms with E-state index in [2.05, 4.69) is 51.2 Å². The van der Waals surface area contributed by atoms with Crippen LogP contribution in [0.4, 0.5) is 0 Å². The van der Waals surface area contributed by atoms with Crippen LogP contribution in [-0.4, -0.2) is 23.4 Å². The van der Waals surface area contributed by atoms with E-state index in [0.717, 1.165) is 19.4 Å². The average Bonchev–Trinajstić information content (AvgIpc) is 2.59. The van der Waals surface area contributed by atoms with Gasteiger partial charge < -0.3 is 5.32 Å². The van der Waals surface area contributed by atoms with Crippen LogP contribution in [-0.2, 0) is 19.9 Å². The van der Waals surface area contributed by atoms with Gasteiger partial charge in [0.15, 0.2) is 0 Å². The summed E-state index contributed by atoms with van der Waals surface area (Å²) in [5, 5.41) is 7.85. The number of nitrogens with one attached hydrogen (secondary N) is 1. The summed E-state index contributed by atoms with van der Waals surface area (Å²) in [5.74, 6) is 0.648. The summed E-state index contributed by atoms with van der Waals surface area (Å²) in [6.07, 6.45) is 2.09. The highest BCUT2D eigenvalue weighted by Gasteiger charge is 2.29. The lowest BCUT2D eigenvalue weighted by Crippen LogP contribution is -2.37. The van der Waals surface area contributed by atoms with Crippen molar-refractivity contribution in [3.63, 3.8) is 0 Å². The number of nitrogens with zero attached hydrogens (tertiary/aromatic N) is 2. The molecule has 1 rings (SSSR count). The van der Waals surface area contributed by atoms with Crippen molar-refractivity contribution in [2.45, 2.75) is 40.5 Å². The third-order valence-electron chi connectivity index (χ3n) is 3.95. The van der Waals surface area contributed by atoms with E-state index in [0.29, 0.717) is 5.92 Å². The van der Waals surface area contributed by atoms with Crippen molar-refractivity contribution in [1.82, 2.24) is 15.1 Å². The number of aryl methyl sites for hydroxylation is 2. The van der Waals surface area contributed by atoms with Crippen molar-refractivity contribution >= 4 is 0 Å². The van der Waals surface area contributed by atoms with E-state index in [1.807, 2.05) is 11.7 Å². The monoisotopic (exact) mass is 237 g/mol. The molecule has 3 nitrogen and oxygen atoms in total. The molecule has 0 amide bonds. The second-order valence-electron chi connectivity index (χ2n) is 5.62. The van der Waals surface area contributed by atoms with Crippen LogP contribution in [0.1, 0.15) is 39.1 Å². The van der Waals surface area contributed by atoms with Crippen LogP contribution in [0.15, 0.2) is 6.07 Å². The minimum absolute atomic E-state index is 0.285. The largest absolute Gasteiger partial charge is 0.319 e. The minimum Gasteiger partial charge on any atom is -0.319 e. The van der Waals surface area contributed by atoms with Gasteiger partial charge in [-0.25, -0.2) is 0 Å². The Labute approximate surface area is 106 Å². The number of rotatable bonds is 6. The first-order chi connectivity index (χ1) is 7.92. The van der Waals surface area contributed by atoms with Crippen LogP contribution in [0, 0.1) is 11.3 Å². The average molecular weight is 237 g/mol. The molecule has 0 saturated heterocycles. The molecule has 1 atom stereocenters. The summed E-state index contributed by atoms with van der Waals surface area (Å²) >= 11 is 0. The first-order valence-corrected chi connectivity index (χ1v) is 6.59.